The molecule has 1 fully saturated rings. The number of aromatic nitrogens is 2. The smallest absolute Gasteiger partial charge is 0.220 e. The fourth-order valence-electron chi connectivity index (χ4n) is 2.44. The molecule has 1 saturated carbocycles. The average molecular weight is 250 g/mol. The quantitative estimate of drug-likeness (QED) is 0.706. The molecule has 0 unspecified atom stereocenters. The summed E-state index contributed by atoms with van der Waals surface area (Å²) in [4.78, 5) is 15.8. The van der Waals surface area contributed by atoms with Crippen LogP contribution in [0.1, 0.15) is 32.1 Å². The predicted molar refractivity (Wildman–Crippen MR) is 69.8 cm³/mol. The summed E-state index contributed by atoms with van der Waals surface area (Å²) in [7, 11) is 0. The molecular formula is C13H22N4O. The number of carbonyl (C=O) groups is 1. The molecule has 0 aromatic carbocycles. The molecule has 0 saturated heterocycles. The Morgan fingerprint density at radius 2 is 2.33 bits per heavy atom. The molecule has 1 aromatic rings. The summed E-state index contributed by atoms with van der Waals surface area (Å²) in [5.74, 6) is 0.144. The van der Waals surface area contributed by atoms with Gasteiger partial charge in [-0.25, -0.2) is 4.98 Å². The van der Waals surface area contributed by atoms with Crippen LogP contribution in [-0.2, 0) is 11.3 Å². The van der Waals surface area contributed by atoms with Crippen molar-refractivity contribution in [2.45, 2.75) is 38.6 Å². The molecule has 1 heterocycles. The number of nitrogens with zero attached hydrogens (tertiary/aromatic N) is 2. The summed E-state index contributed by atoms with van der Waals surface area (Å²) in [5.41, 5.74) is 5.85. The number of nitrogens with two attached hydrogens (primary N) is 1. The van der Waals surface area contributed by atoms with Gasteiger partial charge in [-0.05, 0) is 31.2 Å². The Kier molecular flexibility index (Phi) is 4.36. The van der Waals surface area contributed by atoms with Crippen LogP contribution in [0.15, 0.2) is 18.7 Å². The first-order valence-corrected chi connectivity index (χ1v) is 6.67. The maximum Gasteiger partial charge on any atom is 0.220 e. The lowest BCUT2D eigenvalue weighted by molar-refractivity contribution is -0.124. The van der Waals surface area contributed by atoms with E-state index in [0.29, 0.717) is 13.0 Å². The van der Waals surface area contributed by atoms with Crippen LogP contribution in [0.3, 0.4) is 0 Å². The third-order valence-electron chi connectivity index (χ3n) is 3.86. The lowest BCUT2D eigenvalue weighted by Crippen LogP contribution is -2.42. The number of rotatable bonds is 7. The van der Waals surface area contributed by atoms with Gasteiger partial charge in [0.15, 0.2) is 0 Å². The Morgan fingerprint density at radius 1 is 1.50 bits per heavy atom. The molecule has 3 N–H and O–H groups in total. The molecule has 1 aromatic heterocycles. The van der Waals surface area contributed by atoms with Gasteiger partial charge in [-0.1, -0.05) is 6.42 Å². The third kappa shape index (κ3) is 3.32. The number of hydrogen-bond acceptors (Lipinski definition) is 3. The minimum Gasteiger partial charge on any atom is -0.356 e. The van der Waals surface area contributed by atoms with Crippen LogP contribution < -0.4 is 11.1 Å². The Labute approximate surface area is 108 Å². The molecule has 18 heavy (non-hydrogen) atoms. The Morgan fingerprint density at radius 3 is 2.89 bits per heavy atom. The van der Waals surface area contributed by atoms with E-state index in [-0.39, 0.29) is 11.3 Å². The molecule has 1 aliphatic carbocycles. The lowest BCUT2D eigenvalue weighted by Gasteiger charge is -2.40. The first kappa shape index (κ1) is 13.1. The van der Waals surface area contributed by atoms with Gasteiger partial charge in [0.2, 0.25) is 5.91 Å². The van der Waals surface area contributed by atoms with Crippen molar-refractivity contribution in [1.29, 1.82) is 0 Å². The number of amides is 1. The van der Waals surface area contributed by atoms with Crippen molar-refractivity contribution in [2.75, 3.05) is 13.1 Å². The van der Waals surface area contributed by atoms with Crippen LogP contribution in [0.4, 0.5) is 0 Å². The van der Waals surface area contributed by atoms with Crippen molar-refractivity contribution < 1.29 is 4.79 Å². The first-order chi connectivity index (χ1) is 8.74. The van der Waals surface area contributed by atoms with Crippen LogP contribution in [0, 0.1) is 5.41 Å². The minimum absolute atomic E-state index is 0.106. The zero-order valence-corrected chi connectivity index (χ0v) is 10.8. The zero-order chi connectivity index (χ0) is 12.8. The molecule has 0 radical (unpaired) electrons. The van der Waals surface area contributed by atoms with E-state index in [9.17, 15) is 4.79 Å². The summed E-state index contributed by atoms with van der Waals surface area (Å²) in [6, 6.07) is 0. The molecule has 2 rings (SSSR count). The standard InChI is InChI=1S/C13H22N4O/c14-10-13(3-1-4-13)9-12(18)16-5-2-7-17-8-6-15-11-17/h6,8,11H,1-5,7,9-10,14H2,(H,16,18). The van der Waals surface area contributed by atoms with Crippen molar-refractivity contribution in [3.8, 4) is 0 Å². The molecule has 0 spiro atoms. The Hall–Kier alpha value is -1.36. The minimum atomic E-state index is 0.106. The van der Waals surface area contributed by atoms with Gasteiger partial charge in [0.05, 0.1) is 6.33 Å². The van der Waals surface area contributed by atoms with Crippen molar-refractivity contribution in [3.63, 3.8) is 0 Å². The average Bonchev–Trinajstić information content (AvgIpc) is 2.82. The van der Waals surface area contributed by atoms with Crippen molar-refractivity contribution in [1.82, 2.24) is 14.9 Å². The highest BCUT2D eigenvalue weighted by Gasteiger charge is 2.37. The predicted octanol–water partition coefficient (Wildman–Crippen LogP) is 0.908. The van der Waals surface area contributed by atoms with Gasteiger partial charge in [-0.3, -0.25) is 4.79 Å². The SMILES string of the molecule is NCC1(CC(=O)NCCCn2ccnc2)CCC1. The summed E-state index contributed by atoms with van der Waals surface area (Å²) in [6.45, 7) is 2.25. The van der Waals surface area contributed by atoms with E-state index in [2.05, 4.69) is 10.3 Å². The van der Waals surface area contributed by atoms with Gasteiger partial charge < -0.3 is 15.6 Å². The van der Waals surface area contributed by atoms with E-state index >= 15 is 0 Å². The third-order valence-corrected chi connectivity index (χ3v) is 3.86. The van der Waals surface area contributed by atoms with Crippen molar-refractivity contribution in [2.24, 2.45) is 11.1 Å². The molecule has 0 bridgehead atoms. The van der Waals surface area contributed by atoms with E-state index in [4.69, 9.17) is 5.73 Å². The Balaban J connectivity index is 1.60. The van der Waals surface area contributed by atoms with Gasteiger partial charge in [0.25, 0.3) is 0 Å². The molecule has 0 atom stereocenters. The number of hydrogen-bond donors (Lipinski definition) is 2. The van der Waals surface area contributed by atoms with E-state index in [1.54, 1.807) is 12.5 Å². The first-order valence-electron chi connectivity index (χ1n) is 6.67. The maximum absolute atomic E-state index is 11.8. The largest absolute Gasteiger partial charge is 0.356 e. The van der Waals surface area contributed by atoms with Crippen LogP contribution in [0.5, 0.6) is 0 Å². The van der Waals surface area contributed by atoms with E-state index < -0.39 is 0 Å². The van der Waals surface area contributed by atoms with Gasteiger partial charge in [0, 0.05) is 31.9 Å². The van der Waals surface area contributed by atoms with E-state index in [1.807, 2.05) is 10.8 Å². The lowest BCUT2D eigenvalue weighted by atomic mass is 9.66. The number of carbonyl (C=O) groups excluding carboxylic acids is 1. The fraction of sp³-hybridized carbons (Fsp3) is 0.692. The van der Waals surface area contributed by atoms with Crippen molar-refractivity contribution >= 4 is 5.91 Å². The summed E-state index contributed by atoms with van der Waals surface area (Å²) < 4.78 is 2.01. The van der Waals surface area contributed by atoms with Gasteiger partial charge in [-0.2, -0.15) is 0 Å². The van der Waals surface area contributed by atoms with Gasteiger partial charge in [-0.15, -0.1) is 0 Å². The van der Waals surface area contributed by atoms with Crippen LogP contribution in [0.2, 0.25) is 0 Å². The second-order valence-corrected chi connectivity index (χ2v) is 5.24. The van der Waals surface area contributed by atoms with Crippen molar-refractivity contribution in [3.05, 3.63) is 18.7 Å². The van der Waals surface area contributed by atoms with Crippen LogP contribution >= 0.6 is 0 Å². The highest BCUT2D eigenvalue weighted by Crippen LogP contribution is 2.42. The van der Waals surface area contributed by atoms with E-state index in [0.717, 1.165) is 32.4 Å². The van der Waals surface area contributed by atoms with Crippen LogP contribution in [-0.4, -0.2) is 28.5 Å². The molecule has 5 heteroatoms. The molecule has 100 valence electrons. The Bertz CT molecular complexity index is 365. The molecule has 0 aliphatic heterocycles. The molecular weight excluding hydrogens is 228 g/mol. The summed E-state index contributed by atoms with van der Waals surface area (Å²) in [5, 5.41) is 2.98. The number of nitrogens with one attached hydrogen (secondary N) is 1. The second kappa shape index (κ2) is 6.00. The number of aryl methyl sites for hydroxylation is 1. The van der Waals surface area contributed by atoms with Gasteiger partial charge >= 0.3 is 0 Å². The monoisotopic (exact) mass is 250 g/mol. The number of imidazole rings is 1. The topological polar surface area (TPSA) is 72.9 Å². The highest BCUT2D eigenvalue weighted by atomic mass is 16.1. The van der Waals surface area contributed by atoms with Crippen LogP contribution in [0.25, 0.3) is 0 Å². The maximum atomic E-state index is 11.8. The van der Waals surface area contributed by atoms with Gasteiger partial charge in [0.1, 0.15) is 0 Å². The second-order valence-electron chi connectivity index (χ2n) is 5.24. The molecule has 1 amide bonds. The summed E-state index contributed by atoms with van der Waals surface area (Å²) in [6.07, 6.45) is 10.4. The molecule has 5 nitrogen and oxygen atoms in total. The fourth-order valence-corrected chi connectivity index (χ4v) is 2.44. The summed E-state index contributed by atoms with van der Waals surface area (Å²) >= 11 is 0. The molecule has 1 aliphatic rings. The normalized spacial score (nSPS) is 17.2. The zero-order valence-electron chi connectivity index (χ0n) is 10.8. The van der Waals surface area contributed by atoms with E-state index in [1.165, 1.54) is 6.42 Å². The highest BCUT2D eigenvalue weighted by molar-refractivity contribution is 5.76.